The van der Waals surface area contributed by atoms with Gasteiger partial charge in [0.1, 0.15) is 0 Å². The summed E-state index contributed by atoms with van der Waals surface area (Å²) in [5.41, 5.74) is 0.886. The molecule has 1 N–H and O–H groups in total. The number of ether oxygens (including phenoxy) is 3. The Kier molecular flexibility index (Phi) is 7.84. The fourth-order valence-electron chi connectivity index (χ4n) is 1.50. The Morgan fingerprint density at radius 1 is 1.11 bits per heavy atom. The molecule has 0 fully saturated rings. The average Bonchev–Trinajstić information content (AvgIpc) is 2.41. The van der Waals surface area contributed by atoms with Crippen molar-refractivity contribution in [1.82, 2.24) is 9.97 Å². The first kappa shape index (κ1) is 15.7. The lowest BCUT2D eigenvalue weighted by atomic mass is 10.3. The number of nitrogens with one attached hydrogen (secondary N) is 1. The largest absolute Gasteiger partial charge is 0.481 e. The number of hydrogen-bond acceptors (Lipinski definition) is 6. The van der Waals surface area contributed by atoms with Gasteiger partial charge in [-0.05, 0) is 19.8 Å². The molecule has 0 amide bonds. The second kappa shape index (κ2) is 9.52. The van der Waals surface area contributed by atoms with Crippen LogP contribution < -0.4 is 10.1 Å². The molecule has 0 saturated carbocycles. The molecular formula is C13H23N3O3. The van der Waals surface area contributed by atoms with Crippen molar-refractivity contribution in [2.75, 3.05) is 45.9 Å². The second-order valence-corrected chi connectivity index (χ2v) is 4.11. The SMILES string of the molecule is COCCOCCCCNc1nc(C)cc(OC)n1. The Balaban J connectivity index is 2.13. The summed E-state index contributed by atoms with van der Waals surface area (Å²) in [4.78, 5) is 8.51. The molecule has 0 aliphatic heterocycles. The highest BCUT2D eigenvalue weighted by atomic mass is 16.5. The highest BCUT2D eigenvalue weighted by molar-refractivity contribution is 5.30. The van der Waals surface area contributed by atoms with Crippen LogP contribution in [-0.4, -0.2) is 50.6 Å². The van der Waals surface area contributed by atoms with Crippen molar-refractivity contribution < 1.29 is 14.2 Å². The Morgan fingerprint density at radius 3 is 2.68 bits per heavy atom. The van der Waals surface area contributed by atoms with Crippen molar-refractivity contribution >= 4 is 5.95 Å². The minimum atomic E-state index is 0.581. The summed E-state index contributed by atoms with van der Waals surface area (Å²) in [5, 5.41) is 3.18. The smallest absolute Gasteiger partial charge is 0.226 e. The van der Waals surface area contributed by atoms with Crippen LogP contribution in [0.4, 0.5) is 5.95 Å². The van der Waals surface area contributed by atoms with E-state index in [1.54, 1.807) is 20.3 Å². The van der Waals surface area contributed by atoms with E-state index < -0.39 is 0 Å². The van der Waals surface area contributed by atoms with Crippen LogP contribution in [0.1, 0.15) is 18.5 Å². The quantitative estimate of drug-likeness (QED) is 0.652. The molecule has 0 aromatic carbocycles. The van der Waals surface area contributed by atoms with E-state index in [1.807, 2.05) is 6.92 Å². The number of methoxy groups -OCH3 is 2. The third-order valence-corrected chi connectivity index (χ3v) is 2.47. The van der Waals surface area contributed by atoms with Gasteiger partial charge in [0.25, 0.3) is 0 Å². The Bertz CT molecular complexity index is 361. The summed E-state index contributed by atoms with van der Waals surface area (Å²) in [7, 11) is 3.27. The van der Waals surface area contributed by atoms with Crippen LogP contribution in [0.15, 0.2) is 6.07 Å². The third-order valence-electron chi connectivity index (χ3n) is 2.47. The normalized spacial score (nSPS) is 10.5. The van der Waals surface area contributed by atoms with E-state index in [-0.39, 0.29) is 0 Å². The highest BCUT2D eigenvalue weighted by Gasteiger charge is 2.01. The average molecular weight is 269 g/mol. The van der Waals surface area contributed by atoms with E-state index in [4.69, 9.17) is 14.2 Å². The number of anilines is 1. The van der Waals surface area contributed by atoms with Crippen molar-refractivity contribution in [2.45, 2.75) is 19.8 Å². The van der Waals surface area contributed by atoms with Crippen molar-refractivity contribution in [3.8, 4) is 5.88 Å². The molecule has 0 aliphatic carbocycles. The molecule has 108 valence electrons. The zero-order chi connectivity index (χ0) is 13.9. The van der Waals surface area contributed by atoms with Gasteiger partial charge in [-0.2, -0.15) is 4.98 Å². The zero-order valence-corrected chi connectivity index (χ0v) is 11.9. The lowest BCUT2D eigenvalue weighted by molar-refractivity contribution is 0.0691. The van der Waals surface area contributed by atoms with Crippen LogP contribution in [-0.2, 0) is 9.47 Å². The molecule has 0 saturated heterocycles. The van der Waals surface area contributed by atoms with E-state index >= 15 is 0 Å². The van der Waals surface area contributed by atoms with Gasteiger partial charge >= 0.3 is 0 Å². The van der Waals surface area contributed by atoms with Gasteiger partial charge in [-0.25, -0.2) is 4.98 Å². The monoisotopic (exact) mass is 269 g/mol. The first-order chi connectivity index (χ1) is 9.26. The Hall–Kier alpha value is -1.40. The maximum atomic E-state index is 5.38. The zero-order valence-electron chi connectivity index (χ0n) is 11.9. The molecule has 0 unspecified atom stereocenters. The van der Waals surface area contributed by atoms with Gasteiger partial charge in [-0.15, -0.1) is 0 Å². The van der Waals surface area contributed by atoms with Crippen LogP contribution in [0.25, 0.3) is 0 Å². The van der Waals surface area contributed by atoms with Crippen molar-refractivity contribution in [1.29, 1.82) is 0 Å². The minimum absolute atomic E-state index is 0.581. The van der Waals surface area contributed by atoms with Crippen molar-refractivity contribution in [3.63, 3.8) is 0 Å². The van der Waals surface area contributed by atoms with Crippen LogP contribution in [0, 0.1) is 6.92 Å². The lowest BCUT2D eigenvalue weighted by Crippen LogP contribution is -2.08. The van der Waals surface area contributed by atoms with E-state index in [9.17, 15) is 0 Å². The summed E-state index contributed by atoms with van der Waals surface area (Å²) >= 11 is 0. The molecule has 1 aromatic rings. The van der Waals surface area contributed by atoms with E-state index in [0.29, 0.717) is 25.0 Å². The minimum Gasteiger partial charge on any atom is -0.481 e. The molecule has 1 aromatic heterocycles. The summed E-state index contributed by atoms with van der Waals surface area (Å²) < 4.78 is 15.4. The van der Waals surface area contributed by atoms with Gasteiger partial charge < -0.3 is 19.5 Å². The van der Waals surface area contributed by atoms with Gasteiger partial charge in [-0.3, -0.25) is 0 Å². The maximum absolute atomic E-state index is 5.38. The van der Waals surface area contributed by atoms with E-state index in [1.165, 1.54) is 0 Å². The first-order valence-corrected chi connectivity index (χ1v) is 6.46. The fourth-order valence-corrected chi connectivity index (χ4v) is 1.50. The molecule has 0 atom stereocenters. The number of unbranched alkanes of at least 4 members (excludes halogenated alkanes) is 1. The predicted octanol–water partition coefficient (Wildman–Crippen LogP) is 1.65. The van der Waals surface area contributed by atoms with Gasteiger partial charge in [0.05, 0.1) is 20.3 Å². The summed E-state index contributed by atoms with van der Waals surface area (Å²) in [6.45, 7) is 4.79. The maximum Gasteiger partial charge on any atom is 0.226 e. The third kappa shape index (κ3) is 6.93. The van der Waals surface area contributed by atoms with Crippen LogP contribution in [0.3, 0.4) is 0 Å². The Labute approximate surface area is 114 Å². The first-order valence-electron chi connectivity index (χ1n) is 6.46. The summed E-state index contributed by atoms with van der Waals surface area (Å²) in [6, 6.07) is 1.80. The molecule has 1 rings (SSSR count). The summed E-state index contributed by atoms with van der Waals surface area (Å²) in [5.74, 6) is 1.19. The van der Waals surface area contributed by atoms with Crippen molar-refractivity contribution in [3.05, 3.63) is 11.8 Å². The molecule has 0 aliphatic rings. The lowest BCUT2D eigenvalue weighted by Gasteiger charge is -2.07. The topological polar surface area (TPSA) is 65.5 Å². The van der Waals surface area contributed by atoms with E-state index in [2.05, 4.69) is 15.3 Å². The molecule has 1 heterocycles. The number of aromatic nitrogens is 2. The standard InChI is InChI=1S/C13H23N3O3/c1-11-10-12(18-3)16-13(15-11)14-6-4-5-7-19-9-8-17-2/h10H,4-9H2,1-3H3,(H,14,15,16). The van der Waals surface area contributed by atoms with Gasteiger partial charge in [0.2, 0.25) is 11.8 Å². The van der Waals surface area contributed by atoms with Gasteiger partial charge in [0, 0.05) is 32.0 Å². The van der Waals surface area contributed by atoms with Gasteiger partial charge in [0.15, 0.2) is 0 Å². The number of rotatable bonds is 10. The highest BCUT2D eigenvalue weighted by Crippen LogP contribution is 2.11. The molecule has 6 heteroatoms. The van der Waals surface area contributed by atoms with E-state index in [0.717, 1.165) is 31.7 Å². The molecule has 19 heavy (non-hydrogen) atoms. The summed E-state index contributed by atoms with van der Waals surface area (Å²) in [6.07, 6.45) is 2.01. The number of nitrogens with zero attached hydrogens (tertiary/aromatic N) is 2. The van der Waals surface area contributed by atoms with Crippen LogP contribution in [0.2, 0.25) is 0 Å². The molecular weight excluding hydrogens is 246 g/mol. The number of aryl methyl sites for hydroxylation is 1. The molecule has 0 bridgehead atoms. The fraction of sp³-hybridized carbons (Fsp3) is 0.692. The predicted molar refractivity (Wildman–Crippen MR) is 73.7 cm³/mol. The van der Waals surface area contributed by atoms with Crippen LogP contribution in [0.5, 0.6) is 5.88 Å². The molecule has 0 radical (unpaired) electrons. The van der Waals surface area contributed by atoms with Crippen molar-refractivity contribution in [2.24, 2.45) is 0 Å². The number of hydrogen-bond donors (Lipinski definition) is 1. The molecule has 6 nitrogen and oxygen atoms in total. The second-order valence-electron chi connectivity index (χ2n) is 4.11. The molecule has 0 spiro atoms. The van der Waals surface area contributed by atoms with Gasteiger partial charge in [-0.1, -0.05) is 0 Å². The van der Waals surface area contributed by atoms with Crippen LogP contribution >= 0.6 is 0 Å². The Morgan fingerprint density at radius 2 is 1.95 bits per heavy atom.